The highest BCUT2D eigenvalue weighted by molar-refractivity contribution is 6.35. The predicted molar refractivity (Wildman–Crippen MR) is 86.3 cm³/mol. The van der Waals surface area contributed by atoms with Gasteiger partial charge < -0.3 is 10.1 Å². The summed E-state index contributed by atoms with van der Waals surface area (Å²) < 4.78 is 19.0. The van der Waals surface area contributed by atoms with Gasteiger partial charge in [0.25, 0.3) is 5.91 Å². The molecule has 0 saturated carbocycles. The lowest BCUT2D eigenvalue weighted by Crippen LogP contribution is -2.30. The molecule has 0 unspecified atom stereocenters. The third kappa shape index (κ3) is 3.90. The predicted octanol–water partition coefficient (Wildman–Crippen LogP) is 4.85. The minimum atomic E-state index is -0.804. The van der Waals surface area contributed by atoms with Crippen molar-refractivity contribution < 1.29 is 13.9 Å². The summed E-state index contributed by atoms with van der Waals surface area (Å²) in [5.74, 6) is -0.434. The van der Waals surface area contributed by atoms with Crippen LogP contribution in [-0.2, 0) is 4.79 Å². The third-order valence-corrected chi connectivity index (χ3v) is 3.62. The Balaban J connectivity index is 2.07. The molecule has 1 N–H and O–H groups in total. The second kappa shape index (κ2) is 6.99. The van der Waals surface area contributed by atoms with E-state index >= 15 is 0 Å². The summed E-state index contributed by atoms with van der Waals surface area (Å²) in [6, 6.07) is 9.21. The standard InChI is InChI=1S/C16H14Cl2FNO2/c1-9-13(19)4-3-5-14(9)20-16(21)10(2)22-15-7-6-11(17)8-12(15)18/h3-8,10H,1-2H3,(H,20,21)/t10-/m1/s1. The van der Waals surface area contributed by atoms with Gasteiger partial charge in [0.15, 0.2) is 6.10 Å². The number of hydrogen-bond acceptors (Lipinski definition) is 2. The summed E-state index contributed by atoms with van der Waals surface area (Å²) in [4.78, 5) is 12.1. The first-order valence-electron chi connectivity index (χ1n) is 6.56. The molecular weight excluding hydrogens is 328 g/mol. The van der Waals surface area contributed by atoms with E-state index in [1.807, 2.05) is 0 Å². The third-order valence-electron chi connectivity index (χ3n) is 3.09. The van der Waals surface area contributed by atoms with Crippen LogP contribution in [0.2, 0.25) is 10.0 Å². The topological polar surface area (TPSA) is 38.3 Å². The molecule has 0 bridgehead atoms. The zero-order valence-corrected chi connectivity index (χ0v) is 13.5. The van der Waals surface area contributed by atoms with Crippen LogP contribution in [-0.4, -0.2) is 12.0 Å². The van der Waals surface area contributed by atoms with Crippen LogP contribution in [0.4, 0.5) is 10.1 Å². The van der Waals surface area contributed by atoms with Crippen LogP contribution in [0.5, 0.6) is 5.75 Å². The molecular formula is C16H14Cl2FNO2. The zero-order chi connectivity index (χ0) is 16.3. The van der Waals surface area contributed by atoms with Crippen molar-refractivity contribution in [3.05, 3.63) is 57.8 Å². The summed E-state index contributed by atoms with van der Waals surface area (Å²) in [6.07, 6.45) is -0.804. The molecule has 0 fully saturated rings. The number of nitrogens with one attached hydrogen (secondary N) is 1. The number of rotatable bonds is 4. The molecule has 3 nitrogen and oxygen atoms in total. The molecule has 0 aliphatic heterocycles. The highest BCUT2D eigenvalue weighted by atomic mass is 35.5. The summed E-state index contributed by atoms with van der Waals surface area (Å²) in [5, 5.41) is 3.42. The van der Waals surface area contributed by atoms with Crippen LogP contribution in [0.1, 0.15) is 12.5 Å². The molecule has 2 aromatic carbocycles. The second-order valence-electron chi connectivity index (χ2n) is 4.74. The van der Waals surface area contributed by atoms with Crippen molar-refractivity contribution in [1.29, 1.82) is 0 Å². The number of hydrogen-bond donors (Lipinski definition) is 1. The van der Waals surface area contributed by atoms with Gasteiger partial charge in [-0.1, -0.05) is 29.3 Å². The fraction of sp³-hybridized carbons (Fsp3) is 0.188. The molecule has 0 saturated heterocycles. The Morgan fingerprint density at radius 3 is 2.68 bits per heavy atom. The Morgan fingerprint density at radius 2 is 2.00 bits per heavy atom. The fourth-order valence-electron chi connectivity index (χ4n) is 1.79. The van der Waals surface area contributed by atoms with Gasteiger partial charge in [-0.2, -0.15) is 0 Å². The molecule has 0 radical (unpaired) electrons. The van der Waals surface area contributed by atoms with Crippen LogP contribution in [0, 0.1) is 12.7 Å². The summed E-state index contributed by atoms with van der Waals surface area (Å²) >= 11 is 11.8. The average Bonchev–Trinajstić information content (AvgIpc) is 2.46. The van der Waals surface area contributed by atoms with E-state index in [1.54, 1.807) is 32.0 Å². The highest BCUT2D eigenvalue weighted by Gasteiger charge is 2.17. The molecule has 1 amide bonds. The largest absolute Gasteiger partial charge is 0.479 e. The molecule has 0 spiro atoms. The maximum atomic E-state index is 13.5. The number of halogens is 3. The van der Waals surface area contributed by atoms with Gasteiger partial charge in [-0.05, 0) is 44.2 Å². The number of amides is 1. The molecule has 1 atom stereocenters. The van der Waals surface area contributed by atoms with Crippen molar-refractivity contribution in [3.8, 4) is 5.75 Å². The number of anilines is 1. The first-order chi connectivity index (χ1) is 10.4. The van der Waals surface area contributed by atoms with Gasteiger partial charge in [0.1, 0.15) is 11.6 Å². The van der Waals surface area contributed by atoms with Crippen LogP contribution in [0.3, 0.4) is 0 Å². The number of benzene rings is 2. The zero-order valence-electron chi connectivity index (χ0n) is 12.0. The molecule has 2 aromatic rings. The van der Waals surface area contributed by atoms with E-state index < -0.39 is 12.0 Å². The van der Waals surface area contributed by atoms with Gasteiger partial charge in [-0.25, -0.2) is 4.39 Å². The maximum absolute atomic E-state index is 13.5. The van der Waals surface area contributed by atoms with E-state index in [9.17, 15) is 9.18 Å². The van der Waals surface area contributed by atoms with E-state index in [4.69, 9.17) is 27.9 Å². The van der Waals surface area contributed by atoms with E-state index in [1.165, 1.54) is 18.2 Å². The summed E-state index contributed by atoms with van der Waals surface area (Å²) in [5.41, 5.74) is 0.773. The van der Waals surface area contributed by atoms with Crippen molar-refractivity contribution in [2.75, 3.05) is 5.32 Å². The minimum Gasteiger partial charge on any atom is -0.479 e. The summed E-state index contributed by atoms with van der Waals surface area (Å²) in [6.45, 7) is 3.17. The molecule has 0 aliphatic rings. The number of carbonyl (C=O) groups is 1. The van der Waals surface area contributed by atoms with Crippen molar-refractivity contribution in [1.82, 2.24) is 0 Å². The van der Waals surface area contributed by atoms with E-state index in [0.29, 0.717) is 27.0 Å². The van der Waals surface area contributed by atoms with Crippen LogP contribution in [0.25, 0.3) is 0 Å². The SMILES string of the molecule is Cc1c(F)cccc1NC(=O)[C@@H](C)Oc1ccc(Cl)cc1Cl. The van der Waals surface area contributed by atoms with Crippen LogP contribution in [0.15, 0.2) is 36.4 Å². The lowest BCUT2D eigenvalue weighted by molar-refractivity contribution is -0.122. The monoisotopic (exact) mass is 341 g/mol. The average molecular weight is 342 g/mol. The molecule has 6 heteroatoms. The molecule has 22 heavy (non-hydrogen) atoms. The van der Waals surface area contributed by atoms with Crippen LogP contribution >= 0.6 is 23.2 Å². The van der Waals surface area contributed by atoms with Gasteiger partial charge in [-0.3, -0.25) is 4.79 Å². The van der Waals surface area contributed by atoms with E-state index in [2.05, 4.69) is 5.32 Å². The number of carbonyl (C=O) groups excluding carboxylic acids is 1. The number of ether oxygens (including phenoxy) is 1. The smallest absolute Gasteiger partial charge is 0.265 e. The lowest BCUT2D eigenvalue weighted by Gasteiger charge is -2.16. The van der Waals surface area contributed by atoms with Gasteiger partial charge in [0, 0.05) is 16.3 Å². The van der Waals surface area contributed by atoms with Gasteiger partial charge in [0.05, 0.1) is 5.02 Å². The Kier molecular flexibility index (Phi) is 5.27. The Bertz CT molecular complexity index is 707. The fourth-order valence-corrected chi connectivity index (χ4v) is 2.25. The first-order valence-corrected chi connectivity index (χ1v) is 7.31. The molecule has 0 aromatic heterocycles. The van der Waals surface area contributed by atoms with Crippen molar-refractivity contribution in [2.45, 2.75) is 20.0 Å². The molecule has 116 valence electrons. The van der Waals surface area contributed by atoms with Crippen molar-refractivity contribution >= 4 is 34.8 Å². The normalized spacial score (nSPS) is 11.9. The Morgan fingerprint density at radius 1 is 1.27 bits per heavy atom. The first kappa shape index (κ1) is 16.6. The van der Waals surface area contributed by atoms with Gasteiger partial charge >= 0.3 is 0 Å². The maximum Gasteiger partial charge on any atom is 0.265 e. The van der Waals surface area contributed by atoms with E-state index in [0.717, 1.165) is 0 Å². The quantitative estimate of drug-likeness (QED) is 0.863. The summed E-state index contributed by atoms with van der Waals surface area (Å²) in [7, 11) is 0. The second-order valence-corrected chi connectivity index (χ2v) is 5.58. The highest BCUT2D eigenvalue weighted by Crippen LogP contribution is 2.28. The molecule has 0 heterocycles. The van der Waals surface area contributed by atoms with Crippen LogP contribution < -0.4 is 10.1 Å². The Labute approximate surface area is 138 Å². The van der Waals surface area contributed by atoms with Gasteiger partial charge in [-0.15, -0.1) is 0 Å². The lowest BCUT2D eigenvalue weighted by atomic mass is 10.2. The van der Waals surface area contributed by atoms with Crippen molar-refractivity contribution in [3.63, 3.8) is 0 Å². The molecule has 2 rings (SSSR count). The van der Waals surface area contributed by atoms with Crippen molar-refractivity contribution in [2.24, 2.45) is 0 Å². The minimum absolute atomic E-state index is 0.314. The van der Waals surface area contributed by atoms with Gasteiger partial charge in [0.2, 0.25) is 0 Å². The van der Waals surface area contributed by atoms with E-state index in [-0.39, 0.29) is 5.82 Å². The molecule has 0 aliphatic carbocycles. The Hall–Kier alpha value is -1.78.